The minimum atomic E-state index is 0.0876. The zero-order valence-electron chi connectivity index (χ0n) is 19.1. The second-order valence-electron chi connectivity index (χ2n) is 9.27. The highest BCUT2D eigenvalue weighted by molar-refractivity contribution is 5.94. The van der Waals surface area contributed by atoms with Gasteiger partial charge in [0.25, 0.3) is 5.91 Å². The van der Waals surface area contributed by atoms with Gasteiger partial charge in [-0.05, 0) is 54.9 Å². The lowest BCUT2D eigenvalue weighted by Crippen LogP contribution is -2.60. The van der Waals surface area contributed by atoms with E-state index in [0.29, 0.717) is 12.5 Å². The fourth-order valence-electron chi connectivity index (χ4n) is 5.21. The normalized spacial score (nSPS) is 22.7. The zero-order valence-corrected chi connectivity index (χ0v) is 19.1. The van der Waals surface area contributed by atoms with Gasteiger partial charge in [-0.1, -0.05) is 68.7 Å². The van der Waals surface area contributed by atoms with Gasteiger partial charge >= 0.3 is 0 Å². The number of benzene rings is 2. The van der Waals surface area contributed by atoms with E-state index in [1.807, 2.05) is 41.3 Å². The predicted molar refractivity (Wildman–Crippen MR) is 127 cm³/mol. The van der Waals surface area contributed by atoms with Gasteiger partial charge in [0.05, 0.1) is 0 Å². The number of fused-ring (bicyclic) bond motifs is 1. The predicted octanol–water partition coefficient (Wildman–Crippen LogP) is 4.48. The molecule has 1 saturated carbocycles. The van der Waals surface area contributed by atoms with Crippen molar-refractivity contribution in [1.29, 1.82) is 0 Å². The van der Waals surface area contributed by atoms with Crippen LogP contribution in [0.1, 0.15) is 66.9 Å². The summed E-state index contributed by atoms with van der Waals surface area (Å²) in [4.78, 5) is 27.6. The van der Waals surface area contributed by atoms with Crippen molar-refractivity contribution in [2.24, 2.45) is 11.8 Å². The third kappa shape index (κ3) is 5.39. The maximum atomic E-state index is 13.4. The second kappa shape index (κ2) is 10.8. The molecular formula is C27H35N3O2. The summed E-state index contributed by atoms with van der Waals surface area (Å²) in [5.74, 6) is 0.721. The Hall–Kier alpha value is -2.66. The SMILES string of the molecule is CCCCN(Cc1ccccc1)C(=O)c1cccc(CC2NNC(=O)C3CCCCC23)c1. The molecule has 0 spiro atoms. The average Bonchev–Trinajstić information content (AvgIpc) is 2.84. The van der Waals surface area contributed by atoms with Crippen LogP contribution in [0.2, 0.25) is 0 Å². The molecule has 1 aliphatic heterocycles. The first-order valence-corrected chi connectivity index (χ1v) is 12.1. The molecular weight excluding hydrogens is 398 g/mol. The van der Waals surface area contributed by atoms with Crippen molar-refractivity contribution in [2.45, 2.75) is 64.5 Å². The zero-order chi connectivity index (χ0) is 22.3. The van der Waals surface area contributed by atoms with E-state index in [4.69, 9.17) is 0 Å². The van der Waals surface area contributed by atoms with E-state index >= 15 is 0 Å². The molecule has 0 bridgehead atoms. The molecule has 4 rings (SSSR count). The lowest BCUT2D eigenvalue weighted by atomic mass is 9.72. The highest BCUT2D eigenvalue weighted by atomic mass is 16.2. The van der Waals surface area contributed by atoms with E-state index in [1.54, 1.807) is 0 Å². The number of amides is 2. The van der Waals surface area contributed by atoms with Gasteiger partial charge in [-0.3, -0.25) is 15.0 Å². The van der Waals surface area contributed by atoms with Crippen LogP contribution in [-0.2, 0) is 17.8 Å². The van der Waals surface area contributed by atoms with Crippen molar-refractivity contribution in [3.8, 4) is 0 Å². The third-order valence-electron chi connectivity index (χ3n) is 6.97. The number of hydrogen-bond acceptors (Lipinski definition) is 3. The van der Waals surface area contributed by atoms with Crippen LogP contribution < -0.4 is 10.9 Å². The van der Waals surface area contributed by atoms with Crippen LogP contribution in [0, 0.1) is 11.8 Å². The Kier molecular flexibility index (Phi) is 7.59. The van der Waals surface area contributed by atoms with Gasteiger partial charge in [0.2, 0.25) is 5.91 Å². The number of rotatable bonds is 8. The third-order valence-corrected chi connectivity index (χ3v) is 6.97. The molecule has 2 aliphatic rings. The van der Waals surface area contributed by atoms with Crippen LogP contribution in [0.5, 0.6) is 0 Å². The number of unbranched alkanes of at least 4 members (excludes halogenated alkanes) is 1. The summed E-state index contributed by atoms with van der Waals surface area (Å²) >= 11 is 0. The highest BCUT2D eigenvalue weighted by Gasteiger charge is 2.39. The molecule has 3 atom stereocenters. The van der Waals surface area contributed by atoms with Gasteiger partial charge in [0, 0.05) is 30.6 Å². The van der Waals surface area contributed by atoms with E-state index in [2.05, 4.69) is 36.0 Å². The molecule has 1 saturated heterocycles. The molecule has 32 heavy (non-hydrogen) atoms. The van der Waals surface area contributed by atoms with Crippen LogP contribution in [-0.4, -0.2) is 29.3 Å². The van der Waals surface area contributed by atoms with Gasteiger partial charge in [-0.25, -0.2) is 5.43 Å². The number of carbonyl (C=O) groups excluding carboxylic acids is 2. The lowest BCUT2D eigenvalue weighted by Gasteiger charge is -2.41. The summed E-state index contributed by atoms with van der Waals surface area (Å²) in [5, 5.41) is 0. The van der Waals surface area contributed by atoms with Crippen LogP contribution >= 0.6 is 0 Å². The van der Waals surface area contributed by atoms with Crippen molar-refractivity contribution >= 4 is 11.8 Å². The summed E-state index contributed by atoms with van der Waals surface area (Å²) in [5.41, 5.74) is 9.19. The molecule has 2 aromatic rings. The maximum absolute atomic E-state index is 13.4. The Bertz CT molecular complexity index is 914. The lowest BCUT2D eigenvalue weighted by molar-refractivity contribution is -0.133. The molecule has 5 nitrogen and oxygen atoms in total. The Morgan fingerprint density at radius 2 is 1.81 bits per heavy atom. The molecule has 2 fully saturated rings. The monoisotopic (exact) mass is 433 g/mol. The summed E-state index contributed by atoms with van der Waals surface area (Å²) in [6.45, 7) is 3.54. The van der Waals surface area contributed by atoms with E-state index < -0.39 is 0 Å². The Morgan fingerprint density at radius 1 is 1.03 bits per heavy atom. The summed E-state index contributed by atoms with van der Waals surface area (Å²) in [6, 6.07) is 18.5. The Labute approximate surface area is 191 Å². The summed E-state index contributed by atoms with van der Waals surface area (Å²) < 4.78 is 0. The van der Waals surface area contributed by atoms with Crippen LogP contribution in [0.3, 0.4) is 0 Å². The number of carbonyl (C=O) groups is 2. The second-order valence-corrected chi connectivity index (χ2v) is 9.27. The molecule has 2 aromatic carbocycles. The smallest absolute Gasteiger partial charge is 0.254 e. The molecule has 3 unspecified atom stereocenters. The van der Waals surface area contributed by atoms with E-state index in [9.17, 15) is 9.59 Å². The number of hydrazine groups is 1. The number of nitrogens with zero attached hydrogens (tertiary/aromatic N) is 1. The molecule has 1 aliphatic carbocycles. The molecule has 1 heterocycles. The summed E-state index contributed by atoms with van der Waals surface area (Å²) in [6.07, 6.45) is 7.27. The molecule has 0 radical (unpaired) electrons. The fraction of sp³-hybridized carbons (Fsp3) is 0.481. The van der Waals surface area contributed by atoms with Crippen molar-refractivity contribution in [2.75, 3.05) is 6.54 Å². The van der Waals surface area contributed by atoms with Gasteiger partial charge in [-0.2, -0.15) is 0 Å². The van der Waals surface area contributed by atoms with Gasteiger partial charge in [0.1, 0.15) is 0 Å². The van der Waals surface area contributed by atoms with Gasteiger partial charge in [-0.15, -0.1) is 0 Å². The Morgan fingerprint density at radius 3 is 2.62 bits per heavy atom. The molecule has 2 N–H and O–H groups in total. The number of hydrogen-bond donors (Lipinski definition) is 2. The average molecular weight is 434 g/mol. The minimum Gasteiger partial charge on any atom is -0.334 e. The van der Waals surface area contributed by atoms with Crippen LogP contribution in [0.15, 0.2) is 54.6 Å². The molecule has 0 aromatic heterocycles. The Balaban J connectivity index is 1.48. The van der Waals surface area contributed by atoms with Crippen LogP contribution in [0.4, 0.5) is 0 Å². The van der Waals surface area contributed by atoms with Crippen molar-refractivity contribution in [1.82, 2.24) is 15.8 Å². The van der Waals surface area contributed by atoms with Crippen molar-refractivity contribution in [3.05, 3.63) is 71.3 Å². The highest BCUT2D eigenvalue weighted by Crippen LogP contribution is 2.35. The number of nitrogens with one attached hydrogen (secondary N) is 2. The summed E-state index contributed by atoms with van der Waals surface area (Å²) in [7, 11) is 0. The van der Waals surface area contributed by atoms with Gasteiger partial charge < -0.3 is 4.90 Å². The van der Waals surface area contributed by atoms with Crippen molar-refractivity contribution < 1.29 is 9.59 Å². The van der Waals surface area contributed by atoms with Crippen LogP contribution in [0.25, 0.3) is 0 Å². The topological polar surface area (TPSA) is 61.4 Å². The van der Waals surface area contributed by atoms with E-state index in [1.165, 1.54) is 6.42 Å². The van der Waals surface area contributed by atoms with Gasteiger partial charge in [0.15, 0.2) is 0 Å². The van der Waals surface area contributed by atoms with E-state index in [-0.39, 0.29) is 23.8 Å². The first-order valence-electron chi connectivity index (χ1n) is 12.1. The van der Waals surface area contributed by atoms with E-state index in [0.717, 1.165) is 61.8 Å². The molecule has 170 valence electrons. The molecule has 5 heteroatoms. The minimum absolute atomic E-state index is 0.0876. The fourth-order valence-corrected chi connectivity index (χ4v) is 5.21. The first-order chi connectivity index (χ1) is 15.7. The first kappa shape index (κ1) is 22.5. The quantitative estimate of drug-likeness (QED) is 0.645. The standard InChI is InChI=1S/C27H35N3O2/c1-2-3-16-30(19-20-10-5-4-6-11-20)27(32)22-13-9-12-21(17-22)18-25-23-14-7-8-15-24(23)26(31)29-28-25/h4-6,9-13,17,23-25,28H,2-3,7-8,14-16,18-19H2,1H3,(H,29,31). The maximum Gasteiger partial charge on any atom is 0.254 e. The largest absolute Gasteiger partial charge is 0.334 e. The van der Waals surface area contributed by atoms with Crippen molar-refractivity contribution in [3.63, 3.8) is 0 Å². The molecule has 2 amide bonds.